The molecule has 0 aromatic heterocycles. The van der Waals surface area contributed by atoms with Crippen LogP contribution in [0.2, 0.25) is 0 Å². The van der Waals surface area contributed by atoms with Crippen LogP contribution >= 0.6 is 0 Å². The van der Waals surface area contributed by atoms with Crippen LogP contribution in [0.1, 0.15) is 27.2 Å². The Kier molecular flexibility index (Phi) is 7.53. The second-order valence-electron chi connectivity index (χ2n) is 5.15. The third-order valence-electron chi connectivity index (χ3n) is 2.68. The van der Waals surface area contributed by atoms with Gasteiger partial charge in [0.25, 0.3) is 0 Å². The highest BCUT2D eigenvalue weighted by Gasteiger charge is 2.20. The molecule has 0 unspecified atom stereocenters. The lowest BCUT2D eigenvalue weighted by molar-refractivity contribution is -0.385. The molecule has 1 aromatic rings. The van der Waals surface area contributed by atoms with Gasteiger partial charge in [0, 0.05) is 13.2 Å². The molecule has 1 N–H and O–H groups in total. The number of benzene rings is 1. The van der Waals surface area contributed by atoms with Crippen LogP contribution in [-0.4, -0.2) is 31.3 Å². The number of nitro groups is 1. The normalized spacial score (nSPS) is 10.7. The Morgan fingerprint density at radius 2 is 2.10 bits per heavy atom. The molecule has 1 rings (SSSR count). The molecule has 21 heavy (non-hydrogen) atoms. The van der Waals surface area contributed by atoms with E-state index in [2.05, 4.69) is 19.2 Å². The predicted molar refractivity (Wildman–Crippen MR) is 83.0 cm³/mol. The first-order valence-electron chi connectivity index (χ1n) is 7.28. The van der Waals surface area contributed by atoms with Crippen molar-refractivity contribution < 1.29 is 14.4 Å². The molecular weight excluding hydrogens is 272 g/mol. The smallest absolute Gasteiger partial charge is 0.333 e. The molecule has 0 aliphatic carbocycles. The number of ether oxygens (including phenoxy) is 2. The Balaban J connectivity index is 2.65. The fourth-order valence-electron chi connectivity index (χ4n) is 1.76. The van der Waals surface area contributed by atoms with Gasteiger partial charge in [-0.15, -0.1) is 0 Å². The van der Waals surface area contributed by atoms with Crippen LogP contribution < -0.4 is 10.1 Å². The maximum atomic E-state index is 11.2. The summed E-state index contributed by atoms with van der Waals surface area (Å²) < 4.78 is 10.9. The first-order chi connectivity index (χ1) is 10.1. The van der Waals surface area contributed by atoms with Crippen molar-refractivity contribution in [3.63, 3.8) is 0 Å². The number of nitrogens with zero attached hydrogens (tertiary/aromatic N) is 1. The Labute approximate surface area is 125 Å². The summed E-state index contributed by atoms with van der Waals surface area (Å²) in [6.07, 6.45) is 0.894. The zero-order valence-corrected chi connectivity index (χ0v) is 12.9. The molecule has 0 saturated heterocycles. The van der Waals surface area contributed by atoms with Crippen LogP contribution in [0.4, 0.5) is 11.4 Å². The summed E-state index contributed by atoms with van der Waals surface area (Å²) in [7, 11) is 0. The van der Waals surface area contributed by atoms with Gasteiger partial charge in [0.2, 0.25) is 0 Å². The van der Waals surface area contributed by atoms with Gasteiger partial charge in [-0.1, -0.05) is 26.8 Å². The van der Waals surface area contributed by atoms with Gasteiger partial charge in [0.15, 0.2) is 5.75 Å². The quantitative estimate of drug-likeness (QED) is 0.406. The van der Waals surface area contributed by atoms with Gasteiger partial charge in [-0.2, -0.15) is 0 Å². The highest BCUT2D eigenvalue weighted by Crippen LogP contribution is 2.34. The SMILES string of the molecule is CCCNc1cccc(OCCOCC(C)C)c1[N+](=O)[O-]. The van der Waals surface area contributed by atoms with Crippen molar-refractivity contribution in [3.05, 3.63) is 28.3 Å². The third-order valence-corrected chi connectivity index (χ3v) is 2.68. The standard InChI is InChI=1S/C15H24N2O4/c1-4-8-16-13-6-5-7-14(15(13)17(18)19)21-10-9-20-11-12(2)3/h5-7,12,16H,4,8-11H2,1-3H3. The molecule has 118 valence electrons. The second kappa shape index (κ2) is 9.18. The summed E-state index contributed by atoms with van der Waals surface area (Å²) in [5, 5.41) is 14.3. The number of nitro benzene ring substituents is 1. The third kappa shape index (κ3) is 5.99. The van der Waals surface area contributed by atoms with E-state index in [0.717, 1.165) is 6.42 Å². The van der Waals surface area contributed by atoms with Crippen molar-refractivity contribution in [1.82, 2.24) is 0 Å². The van der Waals surface area contributed by atoms with Gasteiger partial charge in [0.1, 0.15) is 12.3 Å². The summed E-state index contributed by atoms with van der Waals surface area (Å²) in [6, 6.07) is 5.04. The number of anilines is 1. The van der Waals surface area contributed by atoms with E-state index in [0.29, 0.717) is 38.0 Å². The lowest BCUT2D eigenvalue weighted by atomic mass is 10.2. The molecule has 6 heteroatoms. The number of hydrogen-bond acceptors (Lipinski definition) is 5. The Bertz CT molecular complexity index is 449. The minimum Gasteiger partial charge on any atom is -0.484 e. The van der Waals surface area contributed by atoms with Gasteiger partial charge < -0.3 is 14.8 Å². The van der Waals surface area contributed by atoms with E-state index in [1.54, 1.807) is 18.2 Å². The van der Waals surface area contributed by atoms with E-state index in [9.17, 15) is 10.1 Å². The van der Waals surface area contributed by atoms with Crippen LogP contribution in [0, 0.1) is 16.0 Å². The fourth-order valence-corrected chi connectivity index (χ4v) is 1.76. The minimum absolute atomic E-state index is 0.0187. The van der Waals surface area contributed by atoms with Crippen LogP contribution in [0.5, 0.6) is 5.75 Å². The Morgan fingerprint density at radius 1 is 1.33 bits per heavy atom. The average Bonchev–Trinajstić information content (AvgIpc) is 2.44. The molecule has 1 aromatic carbocycles. The lowest BCUT2D eigenvalue weighted by Gasteiger charge is -2.11. The maximum Gasteiger partial charge on any atom is 0.333 e. The molecule has 0 amide bonds. The molecule has 0 radical (unpaired) electrons. The first kappa shape index (κ1) is 17.2. The van der Waals surface area contributed by atoms with Crippen LogP contribution in [-0.2, 0) is 4.74 Å². The summed E-state index contributed by atoms with van der Waals surface area (Å²) in [5.74, 6) is 0.732. The molecule has 0 heterocycles. The predicted octanol–water partition coefficient (Wildman–Crippen LogP) is 3.47. The molecule has 0 saturated carbocycles. The Hall–Kier alpha value is -1.82. The van der Waals surface area contributed by atoms with Crippen LogP contribution in [0.3, 0.4) is 0 Å². The largest absolute Gasteiger partial charge is 0.484 e. The van der Waals surface area contributed by atoms with Crippen LogP contribution in [0.25, 0.3) is 0 Å². The summed E-state index contributed by atoms with van der Waals surface area (Å²) in [5.41, 5.74) is 0.470. The first-order valence-corrected chi connectivity index (χ1v) is 7.28. The van der Waals surface area contributed by atoms with E-state index in [-0.39, 0.29) is 11.4 Å². The summed E-state index contributed by atoms with van der Waals surface area (Å²) in [6.45, 7) is 8.19. The number of rotatable bonds is 10. The van der Waals surface area contributed by atoms with Crippen molar-refractivity contribution in [3.8, 4) is 5.75 Å². The number of para-hydroxylation sites is 1. The second-order valence-corrected chi connectivity index (χ2v) is 5.15. The van der Waals surface area contributed by atoms with Gasteiger partial charge in [-0.3, -0.25) is 10.1 Å². The minimum atomic E-state index is -0.414. The fraction of sp³-hybridized carbons (Fsp3) is 0.600. The lowest BCUT2D eigenvalue weighted by Crippen LogP contribution is -2.11. The monoisotopic (exact) mass is 296 g/mol. The topological polar surface area (TPSA) is 73.6 Å². The van der Waals surface area contributed by atoms with Crippen molar-refractivity contribution in [2.45, 2.75) is 27.2 Å². The van der Waals surface area contributed by atoms with Gasteiger partial charge in [-0.05, 0) is 24.5 Å². The van der Waals surface area contributed by atoms with Crippen molar-refractivity contribution in [2.75, 3.05) is 31.7 Å². The molecule has 6 nitrogen and oxygen atoms in total. The van der Waals surface area contributed by atoms with Gasteiger partial charge >= 0.3 is 5.69 Å². The molecular formula is C15H24N2O4. The number of nitrogens with one attached hydrogen (secondary N) is 1. The zero-order valence-electron chi connectivity index (χ0n) is 12.9. The number of hydrogen-bond donors (Lipinski definition) is 1. The molecule has 0 bridgehead atoms. The van der Waals surface area contributed by atoms with E-state index in [4.69, 9.17) is 9.47 Å². The maximum absolute atomic E-state index is 11.2. The van der Waals surface area contributed by atoms with Crippen LogP contribution in [0.15, 0.2) is 18.2 Å². The molecule has 0 atom stereocenters. The highest BCUT2D eigenvalue weighted by molar-refractivity contribution is 5.68. The zero-order chi connectivity index (χ0) is 15.7. The van der Waals surface area contributed by atoms with E-state index in [1.807, 2.05) is 6.92 Å². The molecule has 0 aliphatic rings. The van der Waals surface area contributed by atoms with Crippen molar-refractivity contribution >= 4 is 11.4 Å². The average molecular weight is 296 g/mol. The molecule has 0 aliphatic heterocycles. The van der Waals surface area contributed by atoms with Crippen molar-refractivity contribution in [1.29, 1.82) is 0 Å². The Morgan fingerprint density at radius 3 is 2.71 bits per heavy atom. The van der Waals surface area contributed by atoms with E-state index >= 15 is 0 Å². The van der Waals surface area contributed by atoms with E-state index < -0.39 is 4.92 Å². The summed E-state index contributed by atoms with van der Waals surface area (Å²) >= 11 is 0. The van der Waals surface area contributed by atoms with Crippen molar-refractivity contribution in [2.24, 2.45) is 5.92 Å². The molecule has 0 spiro atoms. The van der Waals surface area contributed by atoms with E-state index in [1.165, 1.54) is 0 Å². The highest BCUT2D eigenvalue weighted by atomic mass is 16.6. The van der Waals surface area contributed by atoms with Gasteiger partial charge in [0.05, 0.1) is 11.5 Å². The summed E-state index contributed by atoms with van der Waals surface area (Å²) in [4.78, 5) is 10.8. The molecule has 0 fully saturated rings. The van der Waals surface area contributed by atoms with Gasteiger partial charge in [-0.25, -0.2) is 0 Å².